The zero-order chi connectivity index (χ0) is 14.6. The van der Waals surface area contributed by atoms with E-state index in [-0.39, 0.29) is 11.5 Å². The Morgan fingerprint density at radius 2 is 2.20 bits per heavy atom. The van der Waals surface area contributed by atoms with Gasteiger partial charge in [-0.05, 0) is 24.3 Å². The van der Waals surface area contributed by atoms with Gasteiger partial charge < -0.3 is 9.84 Å². The molecule has 0 bridgehead atoms. The Hall–Kier alpha value is -1.86. The molecule has 0 amide bonds. The lowest BCUT2D eigenvalue weighted by molar-refractivity contribution is 0.0892. The van der Waals surface area contributed by atoms with Crippen molar-refractivity contribution in [1.82, 2.24) is 9.78 Å². The number of aliphatic hydroxyl groups excluding tert-OH is 1. The molecule has 0 saturated carbocycles. The van der Waals surface area contributed by atoms with Crippen molar-refractivity contribution in [2.45, 2.75) is 17.5 Å². The van der Waals surface area contributed by atoms with Crippen LogP contribution in [0.5, 0.6) is 5.75 Å². The van der Waals surface area contributed by atoms with Crippen molar-refractivity contribution in [3.8, 4) is 5.75 Å². The lowest BCUT2D eigenvalue weighted by atomic mass is 10.3. The molecule has 0 saturated heterocycles. The van der Waals surface area contributed by atoms with Gasteiger partial charge in [0.15, 0.2) is 9.84 Å². The summed E-state index contributed by atoms with van der Waals surface area (Å²) in [5.74, 6) is 0.410. The SMILES string of the molecule is CS(=O)(=O)c1cccc(OCC(O)Cn2cccn2)c1. The summed E-state index contributed by atoms with van der Waals surface area (Å²) in [5, 5.41) is 13.8. The molecule has 0 fully saturated rings. The van der Waals surface area contributed by atoms with Crippen molar-refractivity contribution in [2.24, 2.45) is 0 Å². The zero-order valence-corrected chi connectivity index (χ0v) is 11.8. The molecule has 108 valence electrons. The minimum absolute atomic E-state index is 0.0626. The first kappa shape index (κ1) is 14.5. The van der Waals surface area contributed by atoms with Crippen molar-refractivity contribution >= 4 is 9.84 Å². The third-order valence-electron chi connectivity index (χ3n) is 2.63. The molecule has 20 heavy (non-hydrogen) atoms. The highest BCUT2D eigenvalue weighted by molar-refractivity contribution is 7.90. The predicted octanol–water partition coefficient (Wildman–Crippen LogP) is 0.727. The van der Waals surface area contributed by atoms with Gasteiger partial charge in [-0.1, -0.05) is 6.07 Å². The normalized spacial score (nSPS) is 13.1. The molecule has 1 atom stereocenters. The van der Waals surface area contributed by atoms with Crippen molar-refractivity contribution < 1.29 is 18.3 Å². The van der Waals surface area contributed by atoms with Gasteiger partial charge in [-0.3, -0.25) is 4.68 Å². The highest BCUT2D eigenvalue weighted by Crippen LogP contribution is 2.17. The summed E-state index contributed by atoms with van der Waals surface area (Å²) in [6, 6.07) is 7.96. The largest absolute Gasteiger partial charge is 0.491 e. The molecule has 6 nitrogen and oxygen atoms in total. The van der Waals surface area contributed by atoms with Gasteiger partial charge >= 0.3 is 0 Å². The topological polar surface area (TPSA) is 81.4 Å². The third kappa shape index (κ3) is 4.07. The number of hydrogen-bond acceptors (Lipinski definition) is 5. The molecular formula is C13H16N2O4S. The quantitative estimate of drug-likeness (QED) is 0.849. The van der Waals surface area contributed by atoms with E-state index in [0.717, 1.165) is 6.26 Å². The average molecular weight is 296 g/mol. The first-order chi connectivity index (χ1) is 9.45. The van der Waals surface area contributed by atoms with Crippen LogP contribution in [0.1, 0.15) is 0 Å². The summed E-state index contributed by atoms with van der Waals surface area (Å²) >= 11 is 0. The number of nitrogens with zero attached hydrogens (tertiary/aromatic N) is 2. The molecule has 0 spiro atoms. The van der Waals surface area contributed by atoms with Gasteiger partial charge in [-0.2, -0.15) is 5.10 Å². The number of ether oxygens (including phenoxy) is 1. The van der Waals surface area contributed by atoms with Gasteiger partial charge in [0.25, 0.3) is 0 Å². The second-order valence-corrected chi connectivity index (χ2v) is 6.46. The maximum absolute atomic E-state index is 11.4. The summed E-state index contributed by atoms with van der Waals surface area (Å²) in [7, 11) is -3.26. The minimum atomic E-state index is -3.26. The average Bonchev–Trinajstić information content (AvgIpc) is 2.88. The lowest BCUT2D eigenvalue weighted by Crippen LogP contribution is -2.23. The number of sulfone groups is 1. The first-order valence-corrected chi connectivity index (χ1v) is 7.93. The standard InChI is InChI=1S/C13H16N2O4S/c1-20(17,18)13-5-2-4-12(8-13)19-10-11(16)9-15-7-3-6-14-15/h2-8,11,16H,9-10H2,1H3. The summed E-state index contributed by atoms with van der Waals surface area (Å²) < 4.78 is 29.8. The Balaban J connectivity index is 1.94. The second-order valence-electron chi connectivity index (χ2n) is 4.44. The smallest absolute Gasteiger partial charge is 0.175 e. The maximum Gasteiger partial charge on any atom is 0.175 e. The van der Waals surface area contributed by atoms with Crippen LogP contribution in [0.3, 0.4) is 0 Å². The van der Waals surface area contributed by atoms with Crippen molar-refractivity contribution in [1.29, 1.82) is 0 Å². The fourth-order valence-electron chi connectivity index (χ4n) is 1.66. The lowest BCUT2D eigenvalue weighted by Gasteiger charge is -2.13. The van der Waals surface area contributed by atoms with E-state index in [0.29, 0.717) is 12.3 Å². The number of hydrogen-bond donors (Lipinski definition) is 1. The van der Waals surface area contributed by atoms with E-state index in [2.05, 4.69) is 5.10 Å². The van der Waals surface area contributed by atoms with Crippen LogP contribution in [0.2, 0.25) is 0 Å². The molecule has 1 heterocycles. The van der Waals surface area contributed by atoms with Gasteiger partial charge in [-0.15, -0.1) is 0 Å². The van der Waals surface area contributed by atoms with Gasteiger partial charge in [0.05, 0.1) is 11.4 Å². The number of aliphatic hydroxyl groups is 1. The Bertz CT molecular complexity index is 653. The van der Waals surface area contributed by atoms with Gasteiger partial charge in [0, 0.05) is 18.6 Å². The number of rotatable bonds is 6. The van der Waals surface area contributed by atoms with Crippen LogP contribution in [0.25, 0.3) is 0 Å². The number of benzene rings is 1. The molecule has 0 aliphatic heterocycles. The Kier molecular flexibility index (Phi) is 4.41. The van der Waals surface area contributed by atoms with E-state index in [1.54, 1.807) is 35.3 Å². The Morgan fingerprint density at radius 1 is 1.40 bits per heavy atom. The zero-order valence-electron chi connectivity index (χ0n) is 11.0. The third-order valence-corrected chi connectivity index (χ3v) is 3.74. The van der Waals surface area contributed by atoms with Crippen molar-refractivity contribution in [2.75, 3.05) is 12.9 Å². The molecule has 0 aliphatic rings. The Labute approximate surface area is 117 Å². The molecule has 2 aromatic rings. The number of aromatic nitrogens is 2. The summed E-state index contributed by atoms with van der Waals surface area (Å²) in [6.07, 6.45) is 3.78. The van der Waals surface area contributed by atoms with E-state index >= 15 is 0 Å². The predicted molar refractivity (Wildman–Crippen MR) is 73.3 cm³/mol. The van der Waals surface area contributed by atoms with E-state index in [4.69, 9.17) is 4.74 Å². The monoisotopic (exact) mass is 296 g/mol. The summed E-state index contributed by atoms with van der Waals surface area (Å²) in [4.78, 5) is 0.191. The Morgan fingerprint density at radius 3 is 2.85 bits per heavy atom. The van der Waals surface area contributed by atoms with Crippen LogP contribution in [-0.4, -0.2) is 42.3 Å². The molecule has 1 N–H and O–H groups in total. The summed E-state index contributed by atoms with van der Waals surface area (Å²) in [5.41, 5.74) is 0. The second kappa shape index (κ2) is 6.06. The highest BCUT2D eigenvalue weighted by atomic mass is 32.2. The molecule has 1 aromatic heterocycles. The van der Waals surface area contributed by atoms with E-state index in [1.165, 1.54) is 12.1 Å². The van der Waals surface area contributed by atoms with E-state index in [1.807, 2.05) is 0 Å². The van der Waals surface area contributed by atoms with Crippen LogP contribution in [0.4, 0.5) is 0 Å². The molecular weight excluding hydrogens is 280 g/mol. The van der Waals surface area contributed by atoms with E-state index < -0.39 is 15.9 Å². The molecule has 7 heteroatoms. The van der Waals surface area contributed by atoms with Crippen LogP contribution < -0.4 is 4.74 Å². The minimum Gasteiger partial charge on any atom is -0.491 e. The molecule has 0 radical (unpaired) electrons. The molecule has 1 aromatic carbocycles. The maximum atomic E-state index is 11.4. The van der Waals surface area contributed by atoms with Crippen LogP contribution in [-0.2, 0) is 16.4 Å². The molecule has 0 aliphatic carbocycles. The molecule has 2 rings (SSSR count). The van der Waals surface area contributed by atoms with Gasteiger partial charge in [0.1, 0.15) is 18.5 Å². The van der Waals surface area contributed by atoms with Crippen molar-refractivity contribution in [3.05, 3.63) is 42.7 Å². The van der Waals surface area contributed by atoms with Gasteiger partial charge in [0.2, 0.25) is 0 Å². The summed E-state index contributed by atoms with van der Waals surface area (Å²) in [6.45, 7) is 0.381. The van der Waals surface area contributed by atoms with Crippen LogP contribution in [0, 0.1) is 0 Å². The fraction of sp³-hybridized carbons (Fsp3) is 0.308. The first-order valence-electron chi connectivity index (χ1n) is 6.03. The fourth-order valence-corrected chi connectivity index (χ4v) is 2.32. The van der Waals surface area contributed by atoms with Crippen LogP contribution >= 0.6 is 0 Å². The van der Waals surface area contributed by atoms with Crippen LogP contribution in [0.15, 0.2) is 47.6 Å². The highest BCUT2D eigenvalue weighted by Gasteiger charge is 2.10. The van der Waals surface area contributed by atoms with E-state index in [9.17, 15) is 13.5 Å². The molecule has 1 unspecified atom stereocenters. The van der Waals surface area contributed by atoms with Gasteiger partial charge in [-0.25, -0.2) is 8.42 Å². The van der Waals surface area contributed by atoms with Crippen molar-refractivity contribution in [3.63, 3.8) is 0 Å².